The fourth-order valence-corrected chi connectivity index (χ4v) is 1.50. The van der Waals surface area contributed by atoms with Crippen molar-refractivity contribution in [2.24, 2.45) is 5.73 Å². The number of aromatic hydroxyl groups is 1. The molecule has 3 N–H and O–H groups in total. The van der Waals surface area contributed by atoms with Crippen LogP contribution < -0.4 is 5.73 Å². The van der Waals surface area contributed by atoms with Crippen LogP contribution in [0.15, 0.2) is 22.7 Å². The summed E-state index contributed by atoms with van der Waals surface area (Å²) >= 11 is 0. The predicted molar refractivity (Wildman–Crippen MR) is 63.6 cm³/mol. The summed E-state index contributed by atoms with van der Waals surface area (Å²) < 4.78 is 43.0. The van der Waals surface area contributed by atoms with Crippen LogP contribution in [0, 0.1) is 0 Å². The third kappa shape index (κ3) is 2.74. The third-order valence-electron chi connectivity index (χ3n) is 2.54. The van der Waals surface area contributed by atoms with Gasteiger partial charge in [-0.25, -0.2) is 0 Å². The minimum atomic E-state index is -4.67. The van der Waals surface area contributed by atoms with Gasteiger partial charge in [0.2, 0.25) is 11.7 Å². The summed E-state index contributed by atoms with van der Waals surface area (Å²) in [5, 5.41) is 12.8. The molecule has 0 radical (unpaired) electrons. The number of alkyl halides is 3. The zero-order chi connectivity index (χ0) is 15.1. The zero-order valence-corrected chi connectivity index (χ0v) is 10.7. The Morgan fingerprint density at radius 2 is 1.90 bits per heavy atom. The number of nitrogens with zero attached hydrogens (tertiary/aromatic N) is 2. The van der Waals surface area contributed by atoms with Gasteiger partial charge in [-0.15, -0.1) is 0 Å². The first-order chi connectivity index (χ1) is 9.09. The van der Waals surface area contributed by atoms with Crippen LogP contribution in [0.3, 0.4) is 0 Å². The summed E-state index contributed by atoms with van der Waals surface area (Å²) in [5.74, 6) is -0.776. The molecule has 0 amide bonds. The number of aromatic nitrogens is 2. The Bertz CT molecular complexity index is 630. The Morgan fingerprint density at radius 1 is 1.25 bits per heavy atom. The molecule has 0 saturated carbocycles. The quantitative estimate of drug-likeness (QED) is 0.887. The highest BCUT2D eigenvalue weighted by Gasteiger charge is 2.34. The normalized spacial score (nSPS) is 12.7. The number of phenols is 1. The molecule has 1 aromatic heterocycles. The Kier molecular flexibility index (Phi) is 3.21. The lowest BCUT2D eigenvalue weighted by molar-refractivity contribution is -0.138. The molecule has 0 saturated heterocycles. The second-order valence-corrected chi connectivity index (χ2v) is 4.87. The molecule has 0 aliphatic heterocycles. The minimum Gasteiger partial charge on any atom is -0.507 e. The van der Waals surface area contributed by atoms with Gasteiger partial charge in [-0.3, -0.25) is 0 Å². The molecule has 0 fully saturated rings. The van der Waals surface area contributed by atoms with E-state index in [0.29, 0.717) is 0 Å². The molecule has 2 rings (SSSR count). The summed E-state index contributed by atoms with van der Waals surface area (Å²) in [6.45, 7) is 3.25. The molecule has 8 heteroatoms. The van der Waals surface area contributed by atoms with Crippen LogP contribution in [0.5, 0.6) is 5.75 Å². The zero-order valence-electron chi connectivity index (χ0n) is 10.7. The molecule has 20 heavy (non-hydrogen) atoms. The van der Waals surface area contributed by atoms with Gasteiger partial charge in [0.15, 0.2) is 0 Å². The van der Waals surface area contributed by atoms with Crippen molar-refractivity contribution in [1.29, 1.82) is 0 Å². The molecular weight excluding hydrogens is 275 g/mol. The van der Waals surface area contributed by atoms with Crippen LogP contribution in [0.4, 0.5) is 13.2 Å². The fraction of sp³-hybridized carbons (Fsp3) is 0.333. The Balaban J connectivity index is 2.47. The molecule has 108 valence electrons. The van der Waals surface area contributed by atoms with Gasteiger partial charge >= 0.3 is 6.18 Å². The lowest BCUT2D eigenvalue weighted by Gasteiger charge is -2.11. The van der Waals surface area contributed by atoms with E-state index in [1.54, 1.807) is 13.8 Å². The monoisotopic (exact) mass is 287 g/mol. The molecule has 1 aromatic carbocycles. The van der Waals surface area contributed by atoms with Crippen LogP contribution in [0.25, 0.3) is 11.4 Å². The highest BCUT2D eigenvalue weighted by molar-refractivity contribution is 5.58. The van der Waals surface area contributed by atoms with Crippen LogP contribution in [0.1, 0.15) is 25.3 Å². The summed E-state index contributed by atoms with van der Waals surface area (Å²) in [4.78, 5) is 3.95. The van der Waals surface area contributed by atoms with Gasteiger partial charge in [-0.1, -0.05) is 5.16 Å². The average Bonchev–Trinajstić information content (AvgIpc) is 2.77. The van der Waals surface area contributed by atoms with Crippen molar-refractivity contribution in [3.63, 3.8) is 0 Å². The average molecular weight is 287 g/mol. The summed E-state index contributed by atoms with van der Waals surface area (Å²) in [6, 6.07) is 2.96. The van der Waals surface area contributed by atoms with Crippen LogP contribution in [-0.4, -0.2) is 15.2 Å². The fourth-order valence-electron chi connectivity index (χ4n) is 1.50. The molecule has 2 aromatic rings. The Hall–Kier alpha value is -2.09. The standard InChI is InChI=1S/C12H12F3N3O2/c1-11(2,16)10-17-9(18-20-10)6-3-4-8(19)7(5-6)12(13,14)15/h3-5,19H,16H2,1-2H3. The number of phenolic OH excluding ortho intramolecular Hbond substituents is 1. The molecule has 0 aliphatic carbocycles. The first-order valence-electron chi connectivity index (χ1n) is 5.62. The van der Waals surface area contributed by atoms with Crippen molar-refractivity contribution in [3.8, 4) is 17.1 Å². The number of rotatable bonds is 2. The second-order valence-electron chi connectivity index (χ2n) is 4.87. The molecule has 5 nitrogen and oxygen atoms in total. The largest absolute Gasteiger partial charge is 0.507 e. The van der Waals surface area contributed by atoms with Crippen molar-refractivity contribution in [3.05, 3.63) is 29.7 Å². The van der Waals surface area contributed by atoms with Crippen LogP contribution in [-0.2, 0) is 11.7 Å². The van der Waals surface area contributed by atoms with E-state index in [1.807, 2.05) is 0 Å². The van der Waals surface area contributed by atoms with E-state index in [9.17, 15) is 18.3 Å². The SMILES string of the molecule is CC(C)(N)c1nc(-c2ccc(O)c(C(F)(F)F)c2)no1. The van der Waals surface area contributed by atoms with Gasteiger partial charge in [-0.05, 0) is 32.0 Å². The van der Waals surface area contributed by atoms with Crippen molar-refractivity contribution in [1.82, 2.24) is 10.1 Å². The number of benzene rings is 1. The summed E-state index contributed by atoms with van der Waals surface area (Å²) in [6.07, 6.45) is -4.67. The Labute approximate surface area is 112 Å². The van der Waals surface area contributed by atoms with Crippen molar-refractivity contribution < 1.29 is 22.8 Å². The van der Waals surface area contributed by atoms with E-state index in [4.69, 9.17) is 10.3 Å². The van der Waals surface area contributed by atoms with E-state index in [0.717, 1.165) is 12.1 Å². The van der Waals surface area contributed by atoms with E-state index >= 15 is 0 Å². The number of hydrogen-bond acceptors (Lipinski definition) is 5. The van der Waals surface area contributed by atoms with E-state index < -0.39 is 23.0 Å². The molecule has 1 heterocycles. The molecule has 0 spiro atoms. The van der Waals surface area contributed by atoms with Gasteiger partial charge in [0.25, 0.3) is 0 Å². The van der Waals surface area contributed by atoms with Gasteiger partial charge in [0.05, 0.1) is 11.1 Å². The van der Waals surface area contributed by atoms with Gasteiger partial charge in [0.1, 0.15) is 5.75 Å². The van der Waals surface area contributed by atoms with E-state index in [1.165, 1.54) is 6.07 Å². The highest BCUT2D eigenvalue weighted by Crippen LogP contribution is 2.37. The summed E-state index contributed by atoms with van der Waals surface area (Å²) in [5.41, 5.74) is 3.78. The van der Waals surface area contributed by atoms with Crippen LogP contribution in [0.2, 0.25) is 0 Å². The maximum Gasteiger partial charge on any atom is 0.419 e. The van der Waals surface area contributed by atoms with E-state index in [-0.39, 0.29) is 17.3 Å². The first kappa shape index (κ1) is 14.3. The van der Waals surface area contributed by atoms with Crippen molar-refractivity contribution in [2.75, 3.05) is 0 Å². The number of halogens is 3. The first-order valence-corrected chi connectivity index (χ1v) is 5.62. The number of hydrogen-bond donors (Lipinski definition) is 2. The van der Waals surface area contributed by atoms with E-state index in [2.05, 4.69) is 10.1 Å². The van der Waals surface area contributed by atoms with Crippen LogP contribution >= 0.6 is 0 Å². The smallest absolute Gasteiger partial charge is 0.419 e. The second kappa shape index (κ2) is 4.48. The van der Waals surface area contributed by atoms with Crippen molar-refractivity contribution in [2.45, 2.75) is 25.6 Å². The maximum atomic E-state index is 12.7. The lowest BCUT2D eigenvalue weighted by atomic mass is 10.1. The van der Waals surface area contributed by atoms with Crippen molar-refractivity contribution >= 4 is 0 Å². The number of nitrogens with two attached hydrogens (primary N) is 1. The maximum absolute atomic E-state index is 12.7. The van der Waals surface area contributed by atoms with Gasteiger partial charge < -0.3 is 15.4 Å². The molecule has 0 aliphatic rings. The minimum absolute atomic E-state index is 0.0241. The highest BCUT2D eigenvalue weighted by atomic mass is 19.4. The summed E-state index contributed by atoms with van der Waals surface area (Å²) in [7, 11) is 0. The molecule has 0 atom stereocenters. The third-order valence-corrected chi connectivity index (χ3v) is 2.54. The van der Waals surface area contributed by atoms with Gasteiger partial charge in [-0.2, -0.15) is 18.2 Å². The molecule has 0 unspecified atom stereocenters. The molecular formula is C12H12F3N3O2. The predicted octanol–water partition coefficient (Wildman–Crippen LogP) is 2.65. The Morgan fingerprint density at radius 3 is 2.40 bits per heavy atom. The van der Waals surface area contributed by atoms with Gasteiger partial charge in [0, 0.05) is 5.56 Å². The topological polar surface area (TPSA) is 85.2 Å². The molecule has 0 bridgehead atoms. The lowest BCUT2D eigenvalue weighted by Crippen LogP contribution is -2.28.